The van der Waals surface area contributed by atoms with Crippen LogP contribution in [0.4, 0.5) is 11.1 Å². The summed E-state index contributed by atoms with van der Waals surface area (Å²) in [5.74, 6) is 0.486. The van der Waals surface area contributed by atoms with Crippen molar-refractivity contribution in [3.05, 3.63) is 35.2 Å². The molecule has 0 spiro atoms. The number of nitrogens with one attached hydrogen (secondary N) is 2. The van der Waals surface area contributed by atoms with Crippen molar-refractivity contribution < 1.29 is 4.79 Å². The van der Waals surface area contributed by atoms with Gasteiger partial charge >= 0.3 is 0 Å². The Balaban J connectivity index is 1.93. The van der Waals surface area contributed by atoms with E-state index >= 15 is 0 Å². The Morgan fingerprint density at radius 3 is 3.05 bits per heavy atom. The molecule has 0 fully saturated rings. The number of nitrogens with zero attached hydrogens (tertiary/aromatic N) is 4. The molecule has 3 rings (SSSR count). The maximum Gasteiger partial charge on any atom is 0.229 e. The third-order valence-electron chi connectivity index (χ3n) is 2.75. The molecule has 0 aromatic carbocycles. The molecule has 7 nitrogen and oxygen atoms in total. The number of anilines is 2. The average molecular weight is 300 g/mol. The van der Waals surface area contributed by atoms with Gasteiger partial charge in [-0.25, -0.2) is 15.0 Å². The van der Waals surface area contributed by atoms with Crippen molar-refractivity contribution in [3.63, 3.8) is 0 Å². The fraction of sp³-hybridized carbons (Fsp3) is 0.154. The van der Waals surface area contributed by atoms with Gasteiger partial charge in [0.2, 0.25) is 5.95 Å². The third kappa shape index (κ3) is 2.95. The zero-order valence-electron chi connectivity index (χ0n) is 11.2. The molecule has 0 radical (unpaired) electrons. The van der Waals surface area contributed by atoms with Crippen LogP contribution in [0.1, 0.15) is 10.6 Å². The van der Waals surface area contributed by atoms with Crippen molar-refractivity contribution in [2.45, 2.75) is 13.3 Å². The van der Waals surface area contributed by atoms with Crippen LogP contribution in [0.15, 0.2) is 24.7 Å². The number of hydrogen-bond acceptors (Lipinski definition) is 7. The molecule has 21 heavy (non-hydrogen) atoms. The SMILES string of the molecule is Cc1ccnc(Nc2nc(-c3cn[nH]c3)c(CC=O)s2)n1. The third-order valence-corrected chi connectivity index (χ3v) is 3.74. The largest absolute Gasteiger partial charge is 0.303 e. The first-order chi connectivity index (χ1) is 10.3. The molecule has 0 saturated heterocycles. The molecule has 0 saturated carbocycles. The highest BCUT2D eigenvalue weighted by molar-refractivity contribution is 7.16. The number of rotatable bonds is 5. The van der Waals surface area contributed by atoms with Crippen molar-refractivity contribution in [1.82, 2.24) is 25.1 Å². The topological polar surface area (TPSA) is 96.5 Å². The maximum absolute atomic E-state index is 10.8. The lowest BCUT2D eigenvalue weighted by molar-refractivity contribution is -0.107. The monoisotopic (exact) mass is 300 g/mol. The van der Waals surface area contributed by atoms with E-state index in [0.717, 1.165) is 28.1 Å². The molecule has 3 heterocycles. The van der Waals surface area contributed by atoms with Crippen molar-refractivity contribution in [2.24, 2.45) is 0 Å². The fourth-order valence-electron chi connectivity index (χ4n) is 1.83. The summed E-state index contributed by atoms with van der Waals surface area (Å²) in [5.41, 5.74) is 2.46. The normalized spacial score (nSPS) is 10.5. The van der Waals surface area contributed by atoms with Gasteiger partial charge in [0.05, 0.1) is 11.9 Å². The number of carbonyl (C=O) groups excluding carboxylic acids is 1. The summed E-state index contributed by atoms with van der Waals surface area (Å²) in [6.45, 7) is 1.89. The summed E-state index contributed by atoms with van der Waals surface area (Å²) in [5, 5.41) is 10.4. The van der Waals surface area contributed by atoms with Crippen LogP contribution in [-0.4, -0.2) is 31.4 Å². The van der Waals surface area contributed by atoms with Crippen molar-refractivity contribution in [1.29, 1.82) is 0 Å². The summed E-state index contributed by atoms with van der Waals surface area (Å²) >= 11 is 1.41. The molecule has 8 heteroatoms. The Morgan fingerprint density at radius 1 is 1.43 bits per heavy atom. The number of aromatic nitrogens is 5. The first-order valence-electron chi connectivity index (χ1n) is 6.25. The fourth-order valence-corrected chi connectivity index (χ4v) is 2.75. The van der Waals surface area contributed by atoms with Crippen LogP contribution >= 0.6 is 11.3 Å². The number of H-pyrrole nitrogens is 1. The molecular weight excluding hydrogens is 288 g/mol. The molecule has 0 unspecified atom stereocenters. The summed E-state index contributed by atoms with van der Waals surface area (Å²) in [6.07, 6.45) is 6.28. The van der Waals surface area contributed by atoms with Crippen LogP contribution in [0.25, 0.3) is 11.3 Å². The van der Waals surface area contributed by atoms with E-state index in [2.05, 4.69) is 30.5 Å². The van der Waals surface area contributed by atoms with Gasteiger partial charge in [0.15, 0.2) is 5.13 Å². The predicted molar refractivity (Wildman–Crippen MR) is 79.5 cm³/mol. The second-order valence-corrected chi connectivity index (χ2v) is 5.38. The lowest BCUT2D eigenvalue weighted by Crippen LogP contribution is -1.97. The van der Waals surface area contributed by atoms with E-state index in [9.17, 15) is 4.79 Å². The highest BCUT2D eigenvalue weighted by atomic mass is 32.1. The van der Waals surface area contributed by atoms with Crippen molar-refractivity contribution >= 4 is 28.7 Å². The van der Waals surface area contributed by atoms with E-state index in [-0.39, 0.29) is 0 Å². The predicted octanol–water partition coefficient (Wildman–Crippen LogP) is 2.12. The highest BCUT2D eigenvalue weighted by Crippen LogP contribution is 2.31. The van der Waals surface area contributed by atoms with Gasteiger partial charge in [0.1, 0.15) is 6.29 Å². The molecule has 3 aromatic rings. The summed E-state index contributed by atoms with van der Waals surface area (Å²) in [6, 6.07) is 1.82. The summed E-state index contributed by atoms with van der Waals surface area (Å²) < 4.78 is 0. The standard InChI is InChI=1S/C13H12N6OS/c1-8-2-4-14-12(17-8)19-13-18-11(9-6-15-16-7-9)10(21-13)3-5-20/h2,4-7H,3H2,1H3,(H,15,16)(H,14,17,18,19). The van der Waals surface area contributed by atoms with Gasteiger partial charge in [-0.3, -0.25) is 5.10 Å². The molecule has 0 bridgehead atoms. The minimum atomic E-state index is 0.314. The molecule has 106 valence electrons. The van der Waals surface area contributed by atoms with Gasteiger partial charge in [-0.2, -0.15) is 5.10 Å². The Labute approximate surface area is 124 Å². The van der Waals surface area contributed by atoms with Gasteiger partial charge in [0.25, 0.3) is 0 Å². The average Bonchev–Trinajstić information content (AvgIpc) is 3.09. The Morgan fingerprint density at radius 2 is 2.33 bits per heavy atom. The van der Waals surface area contributed by atoms with Crippen molar-refractivity contribution in [2.75, 3.05) is 5.32 Å². The molecule has 0 amide bonds. The Bertz CT molecular complexity index is 752. The number of thiazole rings is 1. The Kier molecular flexibility index (Phi) is 3.69. The van der Waals surface area contributed by atoms with E-state index in [0.29, 0.717) is 17.5 Å². The van der Waals surface area contributed by atoms with Crippen LogP contribution in [0.5, 0.6) is 0 Å². The van der Waals surface area contributed by atoms with E-state index in [1.807, 2.05) is 13.0 Å². The first kappa shape index (κ1) is 13.4. The highest BCUT2D eigenvalue weighted by Gasteiger charge is 2.14. The molecule has 0 aliphatic carbocycles. The summed E-state index contributed by atoms with van der Waals surface area (Å²) in [7, 11) is 0. The zero-order chi connectivity index (χ0) is 14.7. The van der Waals surface area contributed by atoms with Crippen LogP contribution in [-0.2, 0) is 11.2 Å². The number of aromatic amines is 1. The van der Waals surface area contributed by atoms with E-state index in [1.165, 1.54) is 11.3 Å². The minimum absolute atomic E-state index is 0.314. The van der Waals surface area contributed by atoms with Crippen LogP contribution in [0.2, 0.25) is 0 Å². The first-order valence-corrected chi connectivity index (χ1v) is 7.07. The lowest BCUT2D eigenvalue weighted by atomic mass is 10.2. The van der Waals surface area contributed by atoms with Crippen LogP contribution in [0, 0.1) is 6.92 Å². The molecule has 0 atom stereocenters. The van der Waals surface area contributed by atoms with Gasteiger partial charge < -0.3 is 10.1 Å². The smallest absolute Gasteiger partial charge is 0.229 e. The van der Waals surface area contributed by atoms with Gasteiger partial charge in [-0.05, 0) is 13.0 Å². The maximum atomic E-state index is 10.8. The number of aldehydes is 1. The number of aryl methyl sites for hydroxylation is 1. The molecule has 2 N–H and O–H groups in total. The molecular formula is C13H12N6OS. The Hall–Kier alpha value is -2.61. The van der Waals surface area contributed by atoms with Crippen LogP contribution < -0.4 is 5.32 Å². The number of hydrogen-bond donors (Lipinski definition) is 2. The quantitative estimate of drug-likeness (QED) is 0.701. The molecule has 3 aromatic heterocycles. The van der Waals surface area contributed by atoms with E-state index in [4.69, 9.17) is 0 Å². The van der Waals surface area contributed by atoms with Gasteiger partial charge in [-0.15, -0.1) is 11.3 Å². The molecule has 0 aliphatic rings. The van der Waals surface area contributed by atoms with E-state index < -0.39 is 0 Å². The lowest BCUT2D eigenvalue weighted by Gasteiger charge is -2.00. The second kappa shape index (κ2) is 5.80. The molecule has 0 aliphatic heterocycles. The second-order valence-electron chi connectivity index (χ2n) is 4.30. The zero-order valence-corrected chi connectivity index (χ0v) is 12.0. The van der Waals surface area contributed by atoms with E-state index in [1.54, 1.807) is 18.6 Å². The number of carbonyl (C=O) groups is 1. The van der Waals surface area contributed by atoms with Crippen molar-refractivity contribution in [3.8, 4) is 11.3 Å². The summed E-state index contributed by atoms with van der Waals surface area (Å²) in [4.78, 5) is 24.6. The van der Waals surface area contributed by atoms with Gasteiger partial charge in [0, 0.05) is 34.9 Å². The van der Waals surface area contributed by atoms with Crippen LogP contribution in [0.3, 0.4) is 0 Å². The van der Waals surface area contributed by atoms with Gasteiger partial charge in [-0.1, -0.05) is 0 Å². The minimum Gasteiger partial charge on any atom is -0.303 e.